The molecule has 0 saturated carbocycles. The van der Waals surface area contributed by atoms with Gasteiger partial charge in [-0.15, -0.1) is 0 Å². The van der Waals surface area contributed by atoms with E-state index in [1.165, 1.54) is 6.08 Å². The third kappa shape index (κ3) is 6.37. The van der Waals surface area contributed by atoms with E-state index in [4.69, 9.17) is 9.47 Å². The first-order chi connectivity index (χ1) is 21.3. The number of hydrogen-bond acceptors (Lipinski definition) is 6. The van der Waals surface area contributed by atoms with Crippen molar-refractivity contribution in [3.8, 4) is 11.5 Å². The molecule has 4 aromatic carbocycles. The number of imide groups is 2. The lowest BCUT2D eigenvalue weighted by atomic mass is 10.0. The predicted molar refractivity (Wildman–Crippen MR) is 169 cm³/mol. The summed E-state index contributed by atoms with van der Waals surface area (Å²) in [5, 5.41) is 2.85. The zero-order valence-corrected chi connectivity index (χ0v) is 24.6. The quantitative estimate of drug-likeness (QED) is 0.181. The maximum atomic E-state index is 13.7. The number of carbonyl (C=O) groups excluding carboxylic acids is 4. The Balaban J connectivity index is 1.43. The van der Waals surface area contributed by atoms with Crippen molar-refractivity contribution in [2.45, 2.75) is 20.8 Å². The average molecular weight is 590 g/mol. The fourth-order valence-electron chi connectivity index (χ4n) is 4.79. The van der Waals surface area contributed by atoms with E-state index in [0.29, 0.717) is 40.7 Å². The lowest BCUT2D eigenvalue weighted by Crippen LogP contribution is -2.57. The van der Waals surface area contributed by atoms with Crippen molar-refractivity contribution in [3.63, 3.8) is 0 Å². The van der Waals surface area contributed by atoms with Gasteiger partial charge in [-0.1, -0.05) is 60.2 Å². The second kappa shape index (κ2) is 13.1. The molecular weight excluding hydrogens is 558 g/mol. The van der Waals surface area contributed by atoms with Crippen LogP contribution in [0.25, 0.3) is 6.08 Å². The number of nitrogens with one attached hydrogen (secondary N) is 1. The van der Waals surface area contributed by atoms with Crippen LogP contribution in [-0.4, -0.2) is 37.0 Å². The van der Waals surface area contributed by atoms with Gasteiger partial charge in [0.2, 0.25) is 0 Å². The number of para-hydroxylation sites is 2. The minimum absolute atomic E-state index is 0.207. The Morgan fingerprint density at radius 3 is 1.93 bits per heavy atom. The first-order valence-electron chi connectivity index (χ1n) is 14.1. The largest absolute Gasteiger partial charge is 0.490 e. The molecule has 5 rings (SSSR count). The van der Waals surface area contributed by atoms with Crippen LogP contribution in [0, 0.1) is 13.8 Å². The van der Waals surface area contributed by atoms with Gasteiger partial charge in [-0.05, 0) is 80.4 Å². The van der Waals surface area contributed by atoms with E-state index in [2.05, 4.69) is 5.32 Å². The number of hydrogen-bond donors (Lipinski definition) is 1. The van der Waals surface area contributed by atoms with E-state index in [1.54, 1.807) is 85.8 Å². The Morgan fingerprint density at radius 2 is 1.36 bits per heavy atom. The summed E-state index contributed by atoms with van der Waals surface area (Å²) in [5.74, 6) is -1.19. The Hall–Kier alpha value is -5.70. The number of benzene rings is 4. The number of nitrogens with zero attached hydrogens (tertiary/aromatic N) is 2. The highest BCUT2D eigenvalue weighted by atomic mass is 16.5. The van der Waals surface area contributed by atoms with Crippen LogP contribution in [0.3, 0.4) is 0 Å². The van der Waals surface area contributed by atoms with E-state index in [9.17, 15) is 19.2 Å². The van der Waals surface area contributed by atoms with Gasteiger partial charge in [0.15, 0.2) is 18.1 Å². The van der Waals surface area contributed by atoms with Crippen molar-refractivity contribution in [3.05, 3.63) is 119 Å². The number of urea groups is 1. The molecule has 0 radical (unpaired) electrons. The monoisotopic (exact) mass is 589 g/mol. The molecule has 0 aliphatic carbocycles. The van der Waals surface area contributed by atoms with E-state index in [0.717, 1.165) is 20.9 Å². The number of carbonyl (C=O) groups is 4. The summed E-state index contributed by atoms with van der Waals surface area (Å²) < 4.78 is 11.6. The predicted octanol–water partition coefficient (Wildman–Crippen LogP) is 6.30. The third-order valence-corrected chi connectivity index (χ3v) is 6.87. The van der Waals surface area contributed by atoms with Gasteiger partial charge in [-0.25, -0.2) is 14.6 Å². The van der Waals surface area contributed by atoms with Crippen LogP contribution in [0.2, 0.25) is 0 Å². The van der Waals surface area contributed by atoms with Crippen molar-refractivity contribution in [2.24, 2.45) is 0 Å². The number of amides is 5. The second-order valence-electron chi connectivity index (χ2n) is 10.1. The second-order valence-corrected chi connectivity index (χ2v) is 10.1. The van der Waals surface area contributed by atoms with Crippen molar-refractivity contribution >= 4 is 46.9 Å². The maximum absolute atomic E-state index is 13.7. The molecule has 44 heavy (non-hydrogen) atoms. The van der Waals surface area contributed by atoms with Gasteiger partial charge in [-0.3, -0.25) is 14.4 Å². The minimum Gasteiger partial charge on any atom is -0.490 e. The molecule has 1 heterocycles. The van der Waals surface area contributed by atoms with Gasteiger partial charge >= 0.3 is 6.03 Å². The van der Waals surface area contributed by atoms with Crippen molar-refractivity contribution < 1.29 is 28.7 Å². The SMILES string of the molecule is CCOc1cc(C=C2C(=O)N(c3ccccc3)C(=O)N(c3ccccc3)C2=O)ccc1OCC(=O)Nc1ccc(C)cc1C. The van der Waals surface area contributed by atoms with Crippen LogP contribution in [0.1, 0.15) is 23.6 Å². The maximum Gasteiger partial charge on any atom is 0.343 e. The summed E-state index contributed by atoms with van der Waals surface area (Å²) in [4.78, 5) is 55.4. The van der Waals surface area contributed by atoms with Gasteiger partial charge in [-0.2, -0.15) is 0 Å². The van der Waals surface area contributed by atoms with Gasteiger partial charge in [0.05, 0.1) is 18.0 Å². The molecule has 1 N–H and O–H groups in total. The van der Waals surface area contributed by atoms with E-state index < -0.39 is 17.8 Å². The Morgan fingerprint density at radius 1 is 0.750 bits per heavy atom. The van der Waals surface area contributed by atoms with Crippen LogP contribution in [0.15, 0.2) is 103 Å². The molecule has 9 nitrogen and oxygen atoms in total. The van der Waals surface area contributed by atoms with Gasteiger partial charge in [0, 0.05) is 5.69 Å². The number of aryl methyl sites for hydroxylation is 2. The summed E-state index contributed by atoms with van der Waals surface area (Å²) in [7, 11) is 0. The van der Waals surface area contributed by atoms with Gasteiger partial charge in [0.1, 0.15) is 5.57 Å². The van der Waals surface area contributed by atoms with Gasteiger partial charge in [0.25, 0.3) is 17.7 Å². The van der Waals surface area contributed by atoms with E-state index in [-0.39, 0.29) is 18.1 Å². The molecular formula is C35H31N3O6. The highest BCUT2D eigenvalue weighted by Gasteiger charge is 2.43. The van der Waals surface area contributed by atoms with Crippen LogP contribution < -0.4 is 24.6 Å². The summed E-state index contributed by atoms with van der Waals surface area (Å²) in [5.41, 5.74) is 3.66. The molecule has 0 atom stereocenters. The Labute approximate surface area is 255 Å². The molecule has 0 unspecified atom stereocenters. The molecule has 1 saturated heterocycles. The summed E-state index contributed by atoms with van der Waals surface area (Å²) in [6.45, 7) is 5.75. The van der Waals surface area contributed by atoms with Crippen LogP contribution in [-0.2, 0) is 14.4 Å². The number of rotatable bonds is 9. The zero-order chi connectivity index (χ0) is 31.2. The molecule has 0 aromatic heterocycles. The van der Waals surface area contributed by atoms with Crippen molar-refractivity contribution in [1.82, 2.24) is 0 Å². The number of barbiturate groups is 1. The molecule has 1 aliphatic heterocycles. The third-order valence-electron chi connectivity index (χ3n) is 6.87. The molecule has 1 fully saturated rings. The smallest absolute Gasteiger partial charge is 0.343 e. The highest BCUT2D eigenvalue weighted by molar-refractivity contribution is 6.46. The van der Waals surface area contributed by atoms with E-state index in [1.807, 2.05) is 32.0 Å². The molecule has 4 aromatic rings. The van der Waals surface area contributed by atoms with Crippen molar-refractivity contribution in [2.75, 3.05) is 28.3 Å². The highest BCUT2D eigenvalue weighted by Crippen LogP contribution is 2.32. The standard InChI is InChI=1S/C35H31N3O6/c1-4-43-31-21-25(16-18-30(31)44-22-32(39)36-29-17-15-23(2)19-24(29)3)20-28-33(40)37(26-11-7-5-8-12-26)35(42)38(34(28)41)27-13-9-6-10-14-27/h5-21H,4,22H2,1-3H3,(H,36,39). The molecule has 0 bridgehead atoms. The van der Waals surface area contributed by atoms with Crippen LogP contribution in [0.5, 0.6) is 11.5 Å². The summed E-state index contributed by atoms with van der Waals surface area (Å²) >= 11 is 0. The fourth-order valence-corrected chi connectivity index (χ4v) is 4.79. The van der Waals surface area contributed by atoms with Crippen molar-refractivity contribution in [1.29, 1.82) is 0 Å². The average Bonchev–Trinajstić information content (AvgIpc) is 3.01. The summed E-state index contributed by atoms with van der Waals surface area (Å²) in [6.07, 6.45) is 1.42. The summed E-state index contributed by atoms with van der Waals surface area (Å²) in [6, 6.07) is 26.7. The van der Waals surface area contributed by atoms with Crippen LogP contribution >= 0.6 is 0 Å². The molecule has 1 aliphatic rings. The Bertz CT molecular complexity index is 1690. The topological polar surface area (TPSA) is 105 Å². The minimum atomic E-state index is -0.771. The molecule has 5 amide bonds. The zero-order valence-electron chi connectivity index (χ0n) is 24.6. The lowest BCUT2D eigenvalue weighted by molar-refractivity contribution is -0.121. The van der Waals surface area contributed by atoms with Gasteiger partial charge < -0.3 is 14.8 Å². The first kappa shape index (κ1) is 29.8. The normalized spacial score (nSPS) is 13.2. The van der Waals surface area contributed by atoms with E-state index >= 15 is 0 Å². The number of anilines is 3. The number of ether oxygens (including phenoxy) is 2. The molecule has 222 valence electrons. The first-order valence-corrected chi connectivity index (χ1v) is 14.1. The Kier molecular flexibility index (Phi) is 8.85. The molecule has 9 heteroatoms. The lowest BCUT2D eigenvalue weighted by Gasteiger charge is -2.33. The molecule has 0 spiro atoms. The fraction of sp³-hybridized carbons (Fsp3) is 0.143. The van der Waals surface area contributed by atoms with Crippen LogP contribution in [0.4, 0.5) is 21.9 Å².